The standard InChI is InChI=1S/C15H11F5O2/c16-14(17,15(18,19)20)13(9-1-5-11(21)6-2-9)10-3-7-12(22)8-4-10/h1-8,13,21-22H. The van der Waals surface area contributed by atoms with Crippen molar-refractivity contribution in [3.63, 3.8) is 0 Å². The number of hydrogen-bond acceptors (Lipinski definition) is 2. The predicted molar refractivity (Wildman–Crippen MR) is 69.1 cm³/mol. The van der Waals surface area contributed by atoms with Gasteiger partial charge < -0.3 is 10.2 Å². The van der Waals surface area contributed by atoms with Gasteiger partial charge in [-0.25, -0.2) is 0 Å². The van der Waals surface area contributed by atoms with Gasteiger partial charge in [0.1, 0.15) is 11.5 Å². The number of aromatic hydroxyl groups is 2. The maximum Gasteiger partial charge on any atom is 0.454 e. The lowest BCUT2D eigenvalue weighted by atomic mass is 9.85. The molecule has 0 amide bonds. The molecule has 0 saturated carbocycles. The molecule has 0 spiro atoms. The van der Waals surface area contributed by atoms with Gasteiger partial charge in [-0.05, 0) is 35.4 Å². The van der Waals surface area contributed by atoms with Crippen molar-refractivity contribution in [2.75, 3.05) is 0 Å². The summed E-state index contributed by atoms with van der Waals surface area (Å²) < 4.78 is 66.1. The molecule has 0 bridgehead atoms. The van der Waals surface area contributed by atoms with E-state index in [9.17, 15) is 22.0 Å². The van der Waals surface area contributed by atoms with Crippen molar-refractivity contribution in [3.8, 4) is 11.5 Å². The first-order chi connectivity index (χ1) is 10.1. The van der Waals surface area contributed by atoms with Crippen LogP contribution >= 0.6 is 0 Å². The molecule has 0 aliphatic heterocycles. The van der Waals surface area contributed by atoms with Crippen LogP contribution in [0.4, 0.5) is 22.0 Å². The van der Waals surface area contributed by atoms with Crippen molar-refractivity contribution in [2.24, 2.45) is 0 Å². The van der Waals surface area contributed by atoms with Crippen LogP contribution in [0.15, 0.2) is 48.5 Å². The number of phenols is 2. The zero-order valence-electron chi connectivity index (χ0n) is 11.0. The topological polar surface area (TPSA) is 40.5 Å². The fourth-order valence-electron chi connectivity index (χ4n) is 2.11. The normalized spacial score (nSPS) is 12.6. The van der Waals surface area contributed by atoms with Crippen molar-refractivity contribution < 1.29 is 32.2 Å². The molecule has 0 heterocycles. The smallest absolute Gasteiger partial charge is 0.454 e. The van der Waals surface area contributed by atoms with E-state index >= 15 is 0 Å². The molecule has 22 heavy (non-hydrogen) atoms. The zero-order valence-corrected chi connectivity index (χ0v) is 11.0. The second kappa shape index (κ2) is 5.47. The summed E-state index contributed by atoms with van der Waals surface area (Å²) >= 11 is 0. The first-order valence-electron chi connectivity index (χ1n) is 6.15. The Labute approximate surface area is 122 Å². The Hall–Kier alpha value is -2.31. The van der Waals surface area contributed by atoms with E-state index in [-0.39, 0.29) is 22.6 Å². The van der Waals surface area contributed by atoms with E-state index < -0.39 is 18.0 Å². The summed E-state index contributed by atoms with van der Waals surface area (Å²) in [6.07, 6.45) is -5.74. The Morgan fingerprint density at radius 2 is 0.955 bits per heavy atom. The fourth-order valence-corrected chi connectivity index (χ4v) is 2.11. The van der Waals surface area contributed by atoms with E-state index in [4.69, 9.17) is 10.2 Å². The minimum Gasteiger partial charge on any atom is -0.508 e. The lowest BCUT2D eigenvalue weighted by Gasteiger charge is -2.29. The summed E-state index contributed by atoms with van der Waals surface area (Å²) in [6, 6.07) is 8.17. The van der Waals surface area contributed by atoms with E-state index in [0.717, 1.165) is 48.5 Å². The van der Waals surface area contributed by atoms with Crippen LogP contribution < -0.4 is 0 Å². The molecule has 0 radical (unpaired) electrons. The average molecular weight is 318 g/mol. The summed E-state index contributed by atoms with van der Waals surface area (Å²) in [7, 11) is 0. The van der Waals surface area contributed by atoms with Gasteiger partial charge in [-0.15, -0.1) is 0 Å². The van der Waals surface area contributed by atoms with Gasteiger partial charge in [0.15, 0.2) is 0 Å². The first-order valence-corrected chi connectivity index (χ1v) is 6.15. The minimum absolute atomic E-state index is 0.247. The molecule has 0 aromatic heterocycles. The summed E-state index contributed by atoms with van der Waals surface area (Å²) in [6.45, 7) is 0. The number of alkyl halides is 5. The third-order valence-electron chi connectivity index (χ3n) is 3.19. The number of phenolic OH excluding ortho intramolecular Hbond substituents is 2. The van der Waals surface area contributed by atoms with Crippen LogP contribution in [0.3, 0.4) is 0 Å². The van der Waals surface area contributed by atoms with Gasteiger partial charge in [0.05, 0.1) is 5.92 Å². The summed E-state index contributed by atoms with van der Waals surface area (Å²) in [5, 5.41) is 18.3. The van der Waals surface area contributed by atoms with Crippen LogP contribution in [0.2, 0.25) is 0 Å². The Morgan fingerprint density at radius 3 is 1.23 bits per heavy atom. The Morgan fingerprint density at radius 1 is 0.636 bits per heavy atom. The molecule has 0 aliphatic rings. The first kappa shape index (κ1) is 16.1. The van der Waals surface area contributed by atoms with Crippen LogP contribution in [-0.2, 0) is 0 Å². The Kier molecular flexibility index (Phi) is 4.00. The van der Waals surface area contributed by atoms with Gasteiger partial charge in [0.2, 0.25) is 0 Å². The summed E-state index contributed by atoms with van der Waals surface area (Å²) in [4.78, 5) is 0. The lowest BCUT2D eigenvalue weighted by Crippen LogP contribution is -2.42. The van der Waals surface area contributed by atoms with Crippen molar-refractivity contribution in [1.29, 1.82) is 0 Å². The largest absolute Gasteiger partial charge is 0.508 e. The third kappa shape index (κ3) is 2.98. The molecule has 118 valence electrons. The average Bonchev–Trinajstić information content (AvgIpc) is 2.42. The minimum atomic E-state index is -5.74. The van der Waals surface area contributed by atoms with E-state index in [2.05, 4.69) is 0 Å². The van der Waals surface area contributed by atoms with Crippen LogP contribution in [0.5, 0.6) is 11.5 Å². The lowest BCUT2D eigenvalue weighted by molar-refractivity contribution is -0.287. The zero-order chi connectivity index (χ0) is 16.5. The quantitative estimate of drug-likeness (QED) is 0.822. The molecule has 2 nitrogen and oxygen atoms in total. The molecular weight excluding hydrogens is 307 g/mol. The van der Waals surface area contributed by atoms with Crippen molar-refractivity contribution >= 4 is 0 Å². The second-order valence-electron chi connectivity index (χ2n) is 4.74. The SMILES string of the molecule is Oc1ccc(C(c2ccc(O)cc2)C(F)(F)C(F)(F)F)cc1. The van der Waals surface area contributed by atoms with Gasteiger partial charge >= 0.3 is 12.1 Å². The molecule has 0 aliphatic carbocycles. The highest BCUT2D eigenvalue weighted by atomic mass is 19.4. The fraction of sp³-hybridized carbons (Fsp3) is 0.200. The molecular formula is C15H11F5O2. The maximum absolute atomic E-state index is 13.9. The molecule has 0 fully saturated rings. The Balaban J connectivity index is 2.59. The van der Waals surface area contributed by atoms with E-state index in [1.807, 2.05) is 0 Å². The molecule has 2 N–H and O–H groups in total. The number of halogens is 5. The molecule has 2 rings (SSSR count). The number of benzene rings is 2. The van der Waals surface area contributed by atoms with Gasteiger partial charge in [-0.3, -0.25) is 0 Å². The highest BCUT2D eigenvalue weighted by Crippen LogP contribution is 2.49. The number of hydrogen-bond donors (Lipinski definition) is 2. The van der Waals surface area contributed by atoms with E-state index in [0.29, 0.717) is 0 Å². The van der Waals surface area contributed by atoms with Gasteiger partial charge in [-0.1, -0.05) is 24.3 Å². The molecule has 0 atom stereocenters. The van der Waals surface area contributed by atoms with Crippen LogP contribution in [-0.4, -0.2) is 22.3 Å². The second-order valence-corrected chi connectivity index (χ2v) is 4.74. The highest BCUT2D eigenvalue weighted by molar-refractivity contribution is 5.40. The van der Waals surface area contributed by atoms with Gasteiger partial charge in [0.25, 0.3) is 0 Å². The number of rotatable bonds is 3. The van der Waals surface area contributed by atoms with Crippen molar-refractivity contribution in [1.82, 2.24) is 0 Å². The summed E-state index contributed by atoms with van der Waals surface area (Å²) in [5.74, 6) is -7.79. The third-order valence-corrected chi connectivity index (χ3v) is 3.19. The van der Waals surface area contributed by atoms with E-state index in [1.54, 1.807) is 0 Å². The monoisotopic (exact) mass is 318 g/mol. The van der Waals surface area contributed by atoms with Crippen molar-refractivity contribution in [2.45, 2.75) is 18.0 Å². The van der Waals surface area contributed by atoms with E-state index in [1.165, 1.54) is 0 Å². The Bertz CT molecular complexity index is 587. The van der Waals surface area contributed by atoms with Crippen molar-refractivity contribution in [3.05, 3.63) is 59.7 Å². The van der Waals surface area contributed by atoms with Gasteiger partial charge in [0, 0.05) is 0 Å². The van der Waals surface area contributed by atoms with Gasteiger partial charge in [-0.2, -0.15) is 22.0 Å². The predicted octanol–water partition coefficient (Wildman–Crippen LogP) is 4.43. The molecule has 0 unspecified atom stereocenters. The molecule has 0 saturated heterocycles. The summed E-state index contributed by atoms with van der Waals surface area (Å²) in [5.41, 5.74) is -0.600. The van der Waals surface area contributed by atoms with Crippen LogP contribution in [0, 0.1) is 0 Å². The van der Waals surface area contributed by atoms with Crippen LogP contribution in [0.1, 0.15) is 17.0 Å². The molecule has 2 aromatic rings. The highest BCUT2D eigenvalue weighted by Gasteiger charge is 2.62. The van der Waals surface area contributed by atoms with Crippen LogP contribution in [0.25, 0.3) is 0 Å². The molecule has 7 heteroatoms. The molecule has 2 aromatic carbocycles. The maximum atomic E-state index is 13.9.